The van der Waals surface area contributed by atoms with Crippen LogP contribution in [-0.2, 0) is 29.0 Å². The number of carbonyl (C=O) groups is 1. The quantitative estimate of drug-likeness (QED) is 0.640. The summed E-state index contributed by atoms with van der Waals surface area (Å²) in [5.74, 6) is 1.68. The minimum atomic E-state index is -0.0692. The summed E-state index contributed by atoms with van der Waals surface area (Å²) < 4.78 is 11.2. The number of esters is 1. The fraction of sp³-hybridized carbons (Fsp3) is 0.261. The normalized spacial score (nSPS) is 22.5. The van der Waals surface area contributed by atoms with Gasteiger partial charge in [-0.15, -0.1) is 0 Å². The summed E-state index contributed by atoms with van der Waals surface area (Å²) in [6.45, 7) is 0.286. The second-order valence-corrected chi connectivity index (χ2v) is 7.31. The second-order valence-electron chi connectivity index (χ2n) is 7.31. The molecule has 0 radical (unpaired) electrons. The first-order chi connectivity index (χ1) is 12.8. The van der Waals surface area contributed by atoms with Crippen molar-refractivity contribution in [2.24, 2.45) is 11.8 Å². The van der Waals surface area contributed by atoms with Crippen molar-refractivity contribution in [1.29, 1.82) is 0 Å². The Hall–Kier alpha value is -2.81. The van der Waals surface area contributed by atoms with E-state index in [0.29, 0.717) is 11.8 Å². The maximum Gasteiger partial charge on any atom is 0.310 e. The van der Waals surface area contributed by atoms with Crippen LogP contribution in [0.25, 0.3) is 0 Å². The number of carbonyl (C=O) groups excluding carboxylic acids is 1. The zero-order valence-corrected chi connectivity index (χ0v) is 14.4. The maximum absolute atomic E-state index is 12.4. The lowest BCUT2D eigenvalue weighted by Crippen LogP contribution is -2.11. The number of rotatable bonds is 5. The van der Waals surface area contributed by atoms with E-state index in [-0.39, 0.29) is 18.5 Å². The molecule has 130 valence electrons. The maximum atomic E-state index is 12.4. The Labute approximate surface area is 152 Å². The molecule has 2 aromatic carbocycles. The standard InChI is InChI=1S/C23H20O3/c24-23(22-20-12-17-8-4-5-9-19(17)21(20)22)26-14-16-11-18(25-13-16)10-15-6-2-1-3-7-15/h1-9,11,13,20-22H,10,12,14H2. The van der Waals surface area contributed by atoms with Gasteiger partial charge in [0.25, 0.3) is 0 Å². The van der Waals surface area contributed by atoms with Crippen LogP contribution in [0.5, 0.6) is 0 Å². The lowest BCUT2D eigenvalue weighted by molar-refractivity contribution is -0.147. The molecule has 0 spiro atoms. The first-order valence-electron chi connectivity index (χ1n) is 9.14. The molecular formula is C23H20O3. The third-order valence-corrected chi connectivity index (χ3v) is 5.62. The highest BCUT2D eigenvalue weighted by atomic mass is 16.5. The zero-order valence-electron chi connectivity index (χ0n) is 14.4. The molecule has 0 bridgehead atoms. The molecule has 1 aromatic heterocycles. The molecule has 1 heterocycles. The number of ether oxygens (including phenoxy) is 1. The first-order valence-corrected chi connectivity index (χ1v) is 9.14. The van der Waals surface area contributed by atoms with Crippen molar-refractivity contribution in [2.45, 2.75) is 25.4 Å². The number of hydrogen-bond acceptors (Lipinski definition) is 3. The summed E-state index contributed by atoms with van der Waals surface area (Å²) in [5.41, 5.74) is 4.85. The topological polar surface area (TPSA) is 39.4 Å². The Kier molecular flexibility index (Phi) is 3.66. The Morgan fingerprint density at radius 2 is 1.85 bits per heavy atom. The van der Waals surface area contributed by atoms with Crippen molar-refractivity contribution in [3.63, 3.8) is 0 Å². The fourth-order valence-electron chi connectivity index (χ4n) is 4.31. The van der Waals surface area contributed by atoms with E-state index in [1.54, 1.807) is 6.26 Å². The lowest BCUT2D eigenvalue weighted by atomic mass is 10.0. The van der Waals surface area contributed by atoms with E-state index in [9.17, 15) is 4.79 Å². The molecule has 3 aromatic rings. The third kappa shape index (κ3) is 2.74. The van der Waals surface area contributed by atoms with Crippen LogP contribution in [0.3, 0.4) is 0 Å². The highest BCUT2D eigenvalue weighted by Gasteiger charge is 2.60. The Morgan fingerprint density at radius 1 is 1.04 bits per heavy atom. The molecule has 0 saturated heterocycles. The van der Waals surface area contributed by atoms with Gasteiger partial charge in [-0.25, -0.2) is 0 Å². The van der Waals surface area contributed by atoms with Crippen LogP contribution in [0.2, 0.25) is 0 Å². The number of furan rings is 1. The van der Waals surface area contributed by atoms with Gasteiger partial charge in [0.2, 0.25) is 0 Å². The van der Waals surface area contributed by atoms with Crippen LogP contribution in [0.4, 0.5) is 0 Å². The molecule has 0 amide bonds. The van der Waals surface area contributed by atoms with Gasteiger partial charge >= 0.3 is 5.97 Å². The molecule has 1 fully saturated rings. The van der Waals surface area contributed by atoms with E-state index < -0.39 is 0 Å². The Balaban J connectivity index is 1.17. The molecule has 5 rings (SSSR count). The number of fused-ring (bicyclic) bond motifs is 3. The van der Waals surface area contributed by atoms with Crippen LogP contribution in [0.15, 0.2) is 71.3 Å². The van der Waals surface area contributed by atoms with Gasteiger partial charge < -0.3 is 9.15 Å². The minimum absolute atomic E-state index is 0.0422. The summed E-state index contributed by atoms with van der Waals surface area (Å²) in [7, 11) is 0. The molecule has 3 unspecified atom stereocenters. The highest BCUT2D eigenvalue weighted by molar-refractivity contribution is 5.79. The fourth-order valence-corrected chi connectivity index (χ4v) is 4.31. The zero-order chi connectivity index (χ0) is 17.5. The van der Waals surface area contributed by atoms with E-state index in [2.05, 4.69) is 36.4 Å². The summed E-state index contributed by atoms with van der Waals surface area (Å²) in [6, 6.07) is 20.6. The van der Waals surface area contributed by atoms with Gasteiger partial charge in [-0.2, -0.15) is 0 Å². The van der Waals surface area contributed by atoms with E-state index >= 15 is 0 Å². The van der Waals surface area contributed by atoms with Gasteiger partial charge in [0.1, 0.15) is 12.4 Å². The molecule has 0 aliphatic heterocycles. The van der Waals surface area contributed by atoms with E-state index in [0.717, 1.165) is 24.2 Å². The van der Waals surface area contributed by atoms with Crippen molar-refractivity contribution in [2.75, 3.05) is 0 Å². The molecule has 3 nitrogen and oxygen atoms in total. The van der Waals surface area contributed by atoms with Gasteiger partial charge in [-0.1, -0.05) is 54.6 Å². The van der Waals surface area contributed by atoms with Crippen molar-refractivity contribution >= 4 is 5.97 Å². The minimum Gasteiger partial charge on any atom is -0.469 e. The predicted octanol–water partition coefficient (Wildman–Crippen LogP) is 4.50. The molecule has 3 heteroatoms. The molecule has 2 aliphatic carbocycles. The summed E-state index contributed by atoms with van der Waals surface area (Å²) in [5, 5.41) is 0. The van der Waals surface area contributed by atoms with Crippen LogP contribution in [-0.4, -0.2) is 5.97 Å². The Bertz CT molecular complexity index is 941. The van der Waals surface area contributed by atoms with Gasteiger partial charge in [0.15, 0.2) is 0 Å². The van der Waals surface area contributed by atoms with Gasteiger partial charge in [-0.05, 0) is 35.1 Å². The smallest absolute Gasteiger partial charge is 0.310 e. The SMILES string of the molecule is O=C(OCc1coc(Cc2ccccc2)c1)C1C2Cc3ccccc3C21. The van der Waals surface area contributed by atoms with Crippen LogP contribution in [0, 0.1) is 11.8 Å². The van der Waals surface area contributed by atoms with Gasteiger partial charge in [0, 0.05) is 17.9 Å². The Morgan fingerprint density at radius 3 is 2.73 bits per heavy atom. The van der Waals surface area contributed by atoms with Crippen LogP contribution in [0.1, 0.15) is 33.9 Å². The van der Waals surface area contributed by atoms with Crippen molar-refractivity contribution in [3.05, 3.63) is 94.9 Å². The van der Waals surface area contributed by atoms with Crippen molar-refractivity contribution in [1.82, 2.24) is 0 Å². The third-order valence-electron chi connectivity index (χ3n) is 5.62. The monoisotopic (exact) mass is 344 g/mol. The van der Waals surface area contributed by atoms with Crippen LogP contribution >= 0.6 is 0 Å². The average Bonchev–Trinajstić information content (AvgIpc) is 3.00. The second kappa shape index (κ2) is 6.17. The molecule has 26 heavy (non-hydrogen) atoms. The number of benzene rings is 2. The lowest BCUT2D eigenvalue weighted by Gasteiger charge is -2.07. The van der Waals surface area contributed by atoms with E-state index in [1.807, 2.05) is 24.3 Å². The van der Waals surface area contributed by atoms with E-state index in [4.69, 9.17) is 9.15 Å². The largest absolute Gasteiger partial charge is 0.469 e. The summed E-state index contributed by atoms with van der Waals surface area (Å²) >= 11 is 0. The summed E-state index contributed by atoms with van der Waals surface area (Å²) in [4.78, 5) is 12.4. The van der Waals surface area contributed by atoms with Crippen molar-refractivity contribution < 1.29 is 13.9 Å². The molecular weight excluding hydrogens is 324 g/mol. The van der Waals surface area contributed by atoms with E-state index in [1.165, 1.54) is 16.7 Å². The predicted molar refractivity (Wildman–Crippen MR) is 97.6 cm³/mol. The molecule has 1 saturated carbocycles. The first kappa shape index (κ1) is 15.4. The number of hydrogen-bond donors (Lipinski definition) is 0. The van der Waals surface area contributed by atoms with Gasteiger partial charge in [-0.3, -0.25) is 4.79 Å². The van der Waals surface area contributed by atoms with Crippen LogP contribution < -0.4 is 0 Å². The molecule has 2 aliphatic rings. The highest BCUT2D eigenvalue weighted by Crippen LogP contribution is 2.61. The molecule has 0 N–H and O–H groups in total. The van der Waals surface area contributed by atoms with Crippen molar-refractivity contribution in [3.8, 4) is 0 Å². The summed E-state index contributed by atoms with van der Waals surface area (Å²) in [6.07, 6.45) is 3.44. The average molecular weight is 344 g/mol. The van der Waals surface area contributed by atoms with Gasteiger partial charge in [0.05, 0.1) is 12.2 Å². The molecule has 3 atom stereocenters.